The van der Waals surface area contributed by atoms with E-state index in [9.17, 15) is 4.79 Å². The molecule has 2 nitrogen and oxygen atoms in total. The van der Waals surface area contributed by atoms with E-state index in [1.54, 1.807) is 17.4 Å². The van der Waals surface area contributed by atoms with Crippen LogP contribution in [0.3, 0.4) is 0 Å². The zero-order valence-corrected chi connectivity index (χ0v) is 7.94. The van der Waals surface area contributed by atoms with Crippen molar-refractivity contribution in [1.82, 2.24) is 0 Å². The molecule has 0 saturated carbocycles. The lowest BCUT2D eigenvalue weighted by atomic mass is 10.2. The van der Waals surface area contributed by atoms with Gasteiger partial charge in [0.15, 0.2) is 0 Å². The van der Waals surface area contributed by atoms with Crippen LogP contribution in [0, 0.1) is 13.8 Å². The molecule has 1 rings (SSSR count). The molecule has 12 heavy (non-hydrogen) atoms. The van der Waals surface area contributed by atoms with E-state index in [2.05, 4.69) is 0 Å². The largest absolute Gasteiger partial charge is 0.366 e. The second-order valence-corrected chi connectivity index (χ2v) is 4.06. The summed E-state index contributed by atoms with van der Waals surface area (Å²) < 4.78 is 0. The summed E-state index contributed by atoms with van der Waals surface area (Å²) in [7, 11) is 0. The average Bonchev–Trinajstić information content (AvgIpc) is 2.26. The molecule has 0 unspecified atom stereocenters. The van der Waals surface area contributed by atoms with Crippen LogP contribution in [0.2, 0.25) is 0 Å². The predicted molar refractivity (Wildman–Crippen MR) is 52.0 cm³/mol. The van der Waals surface area contributed by atoms with Crippen molar-refractivity contribution in [1.29, 1.82) is 0 Å². The van der Waals surface area contributed by atoms with Gasteiger partial charge in [0, 0.05) is 15.8 Å². The molecule has 0 radical (unpaired) electrons. The van der Waals surface area contributed by atoms with Gasteiger partial charge in [-0.2, -0.15) is 0 Å². The first-order chi connectivity index (χ1) is 5.59. The summed E-state index contributed by atoms with van der Waals surface area (Å²) in [5.41, 5.74) is 6.05. The lowest BCUT2D eigenvalue weighted by Gasteiger charge is -1.86. The molecule has 0 aliphatic rings. The van der Waals surface area contributed by atoms with E-state index in [0.29, 0.717) is 0 Å². The number of nitrogens with two attached hydrogens (primary N) is 1. The minimum atomic E-state index is -0.404. The van der Waals surface area contributed by atoms with Crippen molar-refractivity contribution in [3.8, 4) is 0 Å². The third kappa shape index (κ3) is 2.20. The summed E-state index contributed by atoms with van der Waals surface area (Å²) in [6.07, 6.45) is 3.13. The Hall–Kier alpha value is -1.09. The van der Waals surface area contributed by atoms with Gasteiger partial charge >= 0.3 is 0 Å². The maximum Gasteiger partial charge on any atom is 0.241 e. The van der Waals surface area contributed by atoms with Gasteiger partial charge in [0.25, 0.3) is 0 Å². The minimum absolute atomic E-state index is 0.404. The first kappa shape index (κ1) is 9.00. The zero-order valence-electron chi connectivity index (χ0n) is 7.13. The molecule has 0 bridgehead atoms. The fourth-order valence-corrected chi connectivity index (χ4v) is 1.90. The van der Waals surface area contributed by atoms with Gasteiger partial charge in [-0.15, -0.1) is 11.3 Å². The quantitative estimate of drug-likeness (QED) is 0.695. The summed E-state index contributed by atoms with van der Waals surface area (Å²) in [4.78, 5) is 12.9. The molecule has 0 aliphatic heterocycles. The van der Waals surface area contributed by atoms with Crippen molar-refractivity contribution < 1.29 is 4.79 Å². The molecule has 3 heteroatoms. The van der Waals surface area contributed by atoms with Gasteiger partial charge in [0.1, 0.15) is 0 Å². The summed E-state index contributed by atoms with van der Waals surface area (Å²) in [5, 5.41) is 0. The Balaban J connectivity index is 2.89. The van der Waals surface area contributed by atoms with Crippen LogP contribution in [0.4, 0.5) is 0 Å². The Kier molecular flexibility index (Phi) is 2.65. The highest BCUT2D eigenvalue weighted by Crippen LogP contribution is 2.21. The average molecular weight is 181 g/mol. The van der Waals surface area contributed by atoms with E-state index in [-0.39, 0.29) is 0 Å². The number of carbonyl (C=O) groups excluding carboxylic acids is 1. The van der Waals surface area contributed by atoms with Gasteiger partial charge < -0.3 is 5.73 Å². The molecule has 1 heterocycles. The predicted octanol–water partition coefficient (Wildman–Crippen LogP) is 1.86. The third-order valence-electron chi connectivity index (χ3n) is 1.51. The summed E-state index contributed by atoms with van der Waals surface area (Å²) >= 11 is 1.72. The summed E-state index contributed by atoms with van der Waals surface area (Å²) in [5.74, 6) is -0.404. The molecule has 0 aliphatic carbocycles. The van der Waals surface area contributed by atoms with Gasteiger partial charge in [-0.1, -0.05) is 0 Å². The van der Waals surface area contributed by atoms with Crippen LogP contribution in [0.25, 0.3) is 6.08 Å². The highest BCUT2D eigenvalue weighted by molar-refractivity contribution is 7.12. The van der Waals surface area contributed by atoms with Gasteiger partial charge in [-0.3, -0.25) is 4.79 Å². The fraction of sp³-hybridized carbons (Fsp3) is 0.222. The number of amides is 1. The van der Waals surface area contributed by atoms with Crippen LogP contribution in [0.1, 0.15) is 15.3 Å². The number of rotatable bonds is 2. The Bertz CT molecular complexity index is 325. The zero-order chi connectivity index (χ0) is 9.14. The maximum atomic E-state index is 10.4. The number of hydrogen-bond donors (Lipinski definition) is 1. The standard InChI is InChI=1S/C9H11NOS/c1-6-5-8(7(2)12-6)3-4-9(10)11/h3-5H,1-2H3,(H2,10,11)/b4-3+. The summed E-state index contributed by atoms with van der Waals surface area (Å²) in [6.45, 7) is 4.07. The molecular weight excluding hydrogens is 170 g/mol. The number of primary amides is 1. The van der Waals surface area contributed by atoms with E-state index in [1.165, 1.54) is 15.8 Å². The smallest absolute Gasteiger partial charge is 0.241 e. The number of aryl methyl sites for hydroxylation is 2. The Morgan fingerprint density at radius 2 is 2.25 bits per heavy atom. The van der Waals surface area contributed by atoms with Crippen molar-refractivity contribution in [2.75, 3.05) is 0 Å². The van der Waals surface area contributed by atoms with Crippen molar-refractivity contribution >= 4 is 23.3 Å². The van der Waals surface area contributed by atoms with Crippen LogP contribution < -0.4 is 5.73 Å². The van der Waals surface area contributed by atoms with Gasteiger partial charge in [-0.05, 0) is 31.6 Å². The third-order valence-corrected chi connectivity index (χ3v) is 2.49. The molecule has 1 amide bonds. The van der Waals surface area contributed by atoms with E-state index < -0.39 is 5.91 Å². The van der Waals surface area contributed by atoms with Crippen molar-refractivity contribution in [2.45, 2.75) is 13.8 Å². The van der Waals surface area contributed by atoms with Crippen LogP contribution >= 0.6 is 11.3 Å². The molecule has 0 atom stereocenters. The van der Waals surface area contributed by atoms with Gasteiger partial charge in [0.05, 0.1) is 0 Å². The fourth-order valence-electron chi connectivity index (χ4n) is 0.988. The van der Waals surface area contributed by atoms with Crippen LogP contribution in [0.5, 0.6) is 0 Å². The molecule has 0 saturated heterocycles. The summed E-state index contributed by atoms with van der Waals surface area (Å²) in [6, 6.07) is 2.04. The lowest BCUT2D eigenvalue weighted by Crippen LogP contribution is -2.05. The monoisotopic (exact) mass is 181 g/mol. The molecule has 1 aromatic rings. The lowest BCUT2D eigenvalue weighted by molar-refractivity contribution is -0.113. The Labute approximate surface area is 75.7 Å². The van der Waals surface area contributed by atoms with Crippen LogP contribution in [-0.4, -0.2) is 5.91 Å². The Morgan fingerprint density at radius 1 is 1.58 bits per heavy atom. The van der Waals surface area contributed by atoms with E-state index in [0.717, 1.165) is 5.56 Å². The number of carbonyl (C=O) groups is 1. The van der Waals surface area contributed by atoms with E-state index in [4.69, 9.17) is 5.73 Å². The molecule has 64 valence electrons. The van der Waals surface area contributed by atoms with Crippen molar-refractivity contribution in [2.24, 2.45) is 5.73 Å². The molecule has 0 aromatic carbocycles. The molecule has 0 spiro atoms. The topological polar surface area (TPSA) is 43.1 Å². The number of thiophene rings is 1. The normalized spacial score (nSPS) is 10.8. The first-order valence-corrected chi connectivity index (χ1v) is 4.46. The number of hydrogen-bond acceptors (Lipinski definition) is 2. The SMILES string of the molecule is Cc1cc(/C=C/C(N)=O)c(C)s1. The molecule has 2 N–H and O–H groups in total. The second-order valence-electron chi connectivity index (χ2n) is 2.60. The van der Waals surface area contributed by atoms with Gasteiger partial charge in [-0.25, -0.2) is 0 Å². The van der Waals surface area contributed by atoms with Crippen LogP contribution in [0.15, 0.2) is 12.1 Å². The minimum Gasteiger partial charge on any atom is -0.366 e. The molecule has 0 fully saturated rings. The first-order valence-electron chi connectivity index (χ1n) is 3.64. The van der Waals surface area contributed by atoms with E-state index in [1.807, 2.05) is 19.9 Å². The van der Waals surface area contributed by atoms with E-state index >= 15 is 0 Å². The van der Waals surface area contributed by atoms with Crippen molar-refractivity contribution in [3.05, 3.63) is 27.5 Å². The second kappa shape index (κ2) is 3.54. The van der Waals surface area contributed by atoms with Crippen molar-refractivity contribution in [3.63, 3.8) is 0 Å². The van der Waals surface area contributed by atoms with Gasteiger partial charge in [0.2, 0.25) is 5.91 Å². The molecule has 1 aromatic heterocycles. The highest BCUT2D eigenvalue weighted by atomic mass is 32.1. The maximum absolute atomic E-state index is 10.4. The Morgan fingerprint density at radius 3 is 2.67 bits per heavy atom. The molecular formula is C9H11NOS. The van der Waals surface area contributed by atoms with Crippen LogP contribution in [-0.2, 0) is 4.79 Å². The highest BCUT2D eigenvalue weighted by Gasteiger charge is 1.98.